The number of hydrogen-bond donors (Lipinski definition) is 0. The van der Waals surface area contributed by atoms with Crippen molar-refractivity contribution in [1.29, 1.82) is 0 Å². The van der Waals surface area contributed by atoms with Crippen molar-refractivity contribution in [3.05, 3.63) is 70.2 Å². The van der Waals surface area contributed by atoms with E-state index in [0.717, 1.165) is 0 Å². The van der Waals surface area contributed by atoms with Crippen molar-refractivity contribution in [3.8, 4) is 5.75 Å². The standard InChI is InChI=1S/C18H16BCl2FO3/c1-11-18(2,3)25-19(24-11)15-8-13(20)6-7-17(15)23-10-12-4-5-14(21)9-16(12)22/h4-9H,1,10H2,2-3H3. The molecule has 0 bridgehead atoms. The van der Waals surface area contributed by atoms with Crippen LogP contribution in [0.25, 0.3) is 0 Å². The molecule has 25 heavy (non-hydrogen) atoms. The summed E-state index contributed by atoms with van der Waals surface area (Å²) < 4.78 is 31.3. The van der Waals surface area contributed by atoms with Crippen LogP contribution in [0.15, 0.2) is 48.7 Å². The van der Waals surface area contributed by atoms with Crippen molar-refractivity contribution in [2.45, 2.75) is 26.1 Å². The van der Waals surface area contributed by atoms with Gasteiger partial charge in [-0.1, -0.05) is 35.8 Å². The largest absolute Gasteiger partial charge is 0.567 e. The molecular formula is C18H16BCl2FO3. The second kappa shape index (κ2) is 6.91. The van der Waals surface area contributed by atoms with Crippen LogP contribution in [0.4, 0.5) is 4.39 Å². The highest BCUT2D eigenvalue weighted by Crippen LogP contribution is 2.31. The molecule has 7 heteroatoms. The van der Waals surface area contributed by atoms with Crippen molar-refractivity contribution in [2.75, 3.05) is 0 Å². The van der Waals surface area contributed by atoms with Gasteiger partial charge in [-0.05, 0) is 44.2 Å². The molecule has 1 saturated heterocycles. The van der Waals surface area contributed by atoms with Gasteiger partial charge in [0.25, 0.3) is 0 Å². The molecule has 3 nitrogen and oxygen atoms in total. The summed E-state index contributed by atoms with van der Waals surface area (Å²) in [5.74, 6) is 0.590. The number of benzene rings is 2. The topological polar surface area (TPSA) is 27.7 Å². The first-order valence-electron chi connectivity index (χ1n) is 7.66. The molecule has 0 aliphatic carbocycles. The van der Waals surface area contributed by atoms with E-state index >= 15 is 0 Å². The lowest BCUT2D eigenvalue weighted by molar-refractivity contribution is 0.172. The smallest absolute Gasteiger partial charge is 0.534 e. The Labute approximate surface area is 156 Å². The monoisotopic (exact) mass is 380 g/mol. The molecule has 130 valence electrons. The fraction of sp³-hybridized carbons (Fsp3) is 0.222. The van der Waals surface area contributed by atoms with Gasteiger partial charge in [-0.3, -0.25) is 0 Å². The van der Waals surface area contributed by atoms with Crippen molar-refractivity contribution >= 4 is 35.8 Å². The zero-order chi connectivity index (χ0) is 18.2. The maximum absolute atomic E-state index is 13.9. The van der Waals surface area contributed by atoms with Gasteiger partial charge in [-0.25, -0.2) is 4.39 Å². The predicted octanol–water partition coefficient (Wildman–Crippen LogP) is 4.75. The molecule has 2 aromatic rings. The maximum Gasteiger partial charge on any atom is 0.567 e. The minimum Gasteiger partial charge on any atom is -0.534 e. The third-order valence-corrected chi connectivity index (χ3v) is 4.42. The van der Waals surface area contributed by atoms with E-state index in [1.165, 1.54) is 6.07 Å². The molecule has 0 radical (unpaired) electrons. The van der Waals surface area contributed by atoms with E-state index in [4.69, 9.17) is 37.2 Å². The Kier molecular flexibility index (Phi) is 5.00. The average molecular weight is 381 g/mol. The van der Waals surface area contributed by atoms with E-state index < -0.39 is 18.5 Å². The number of halogens is 3. The highest BCUT2D eigenvalue weighted by molar-refractivity contribution is 6.63. The fourth-order valence-corrected chi connectivity index (χ4v) is 2.72. The van der Waals surface area contributed by atoms with Crippen LogP contribution in [0.1, 0.15) is 19.4 Å². The van der Waals surface area contributed by atoms with Crippen molar-refractivity contribution in [2.24, 2.45) is 0 Å². The third-order valence-electron chi connectivity index (χ3n) is 3.95. The third kappa shape index (κ3) is 3.95. The van der Waals surface area contributed by atoms with E-state index in [9.17, 15) is 4.39 Å². The van der Waals surface area contributed by atoms with E-state index in [2.05, 4.69) is 6.58 Å². The SMILES string of the molecule is C=C1OB(c2cc(Cl)ccc2OCc2ccc(Cl)cc2F)OC1(C)C. The minimum atomic E-state index is -0.689. The van der Waals surface area contributed by atoms with Crippen LogP contribution in [0, 0.1) is 5.82 Å². The number of hydrogen-bond acceptors (Lipinski definition) is 3. The van der Waals surface area contributed by atoms with E-state index in [0.29, 0.717) is 32.6 Å². The lowest BCUT2D eigenvalue weighted by atomic mass is 9.78. The summed E-state index contributed by atoms with van der Waals surface area (Å²) in [5, 5.41) is 0.851. The molecule has 0 atom stereocenters. The van der Waals surface area contributed by atoms with Gasteiger partial charge in [0.1, 0.15) is 23.8 Å². The minimum absolute atomic E-state index is 0.0364. The van der Waals surface area contributed by atoms with E-state index in [1.807, 2.05) is 13.8 Å². The van der Waals surface area contributed by atoms with Crippen LogP contribution in [0.5, 0.6) is 5.75 Å². The van der Waals surface area contributed by atoms with E-state index in [1.54, 1.807) is 30.3 Å². The van der Waals surface area contributed by atoms with Crippen LogP contribution < -0.4 is 10.2 Å². The van der Waals surface area contributed by atoms with Gasteiger partial charge >= 0.3 is 7.12 Å². The van der Waals surface area contributed by atoms with Crippen LogP contribution >= 0.6 is 23.2 Å². The normalized spacial score (nSPS) is 16.0. The van der Waals surface area contributed by atoms with Gasteiger partial charge in [0.15, 0.2) is 0 Å². The quantitative estimate of drug-likeness (QED) is 0.716. The molecule has 0 saturated carbocycles. The summed E-state index contributed by atoms with van der Waals surface area (Å²) in [6.45, 7) is 7.63. The molecule has 0 unspecified atom stereocenters. The van der Waals surface area contributed by atoms with E-state index in [-0.39, 0.29) is 6.61 Å². The van der Waals surface area contributed by atoms with Crippen LogP contribution in [0.3, 0.4) is 0 Å². The Morgan fingerprint density at radius 3 is 2.48 bits per heavy atom. The summed E-state index contributed by atoms with van der Waals surface area (Å²) in [4.78, 5) is 0. The Morgan fingerprint density at radius 1 is 1.16 bits per heavy atom. The summed E-state index contributed by atoms with van der Waals surface area (Å²) in [7, 11) is -0.689. The second-order valence-corrected chi connectivity index (χ2v) is 7.08. The van der Waals surface area contributed by atoms with Gasteiger partial charge in [0.05, 0.1) is 5.76 Å². The lowest BCUT2D eigenvalue weighted by Gasteiger charge is -2.16. The highest BCUT2D eigenvalue weighted by Gasteiger charge is 2.44. The van der Waals surface area contributed by atoms with Crippen LogP contribution in [-0.4, -0.2) is 12.7 Å². The first kappa shape index (κ1) is 18.1. The summed E-state index contributed by atoms with van der Waals surface area (Å²) >= 11 is 11.9. The molecule has 0 amide bonds. The number of ether oxygens (including phenoxy) is 1. The predicted molar refractivity (Wildman–Crippen MR) is 98.0 cm³/mol. The Hall–Kier alpha value is -1.69. The summed E-state index contributed by atoms with van der Waals surface area (Å²) in [6, 6.07) is 9.54. The molecular weight excluding hydrogens is 365 g/mol. The summed E-state index contributed by atoms with van der Waals surface area (Å²) in [5.41, 5.74) is 0.393. The number of rotatable bonds is 4. The molecule has 0 aromatic heterocycles. The van der Waals surface area contributed by atoms with Crippen molar-refractivity contribution in [3.63, 3.8) is 0 Å². The average Bonchev–Trinajstić information content (AvgIpc) is 2.81. The van der Waals surface area contributed by atoms with Crippen LogP contribution in [-0.2, 0) is 15.9 Å². The molecule has 1 fully saturated rings. The lowest BCUT2D eigenvalue weighted by Crippen LogP contribution is -2.35. The Bertz CT molecular complexity index is 826. The highest BCUT2D eigenvalue weighted by atomic mass is 35.5. The first-order valence-corrected chi connectivity index (χ1v) is 8.42. The molecule has 2 aromatic carbocycles. The first-order chi connectivity index (χ1) is 11.8. The molecule has 1 aliphatic rings. The summed E-state index contributed by atoms with van der Waals surface area (Å²) in [6.07, 6.45) is 0. The Morgan fingerprint density at radius 2 is 1.84 bits per heavy atom. The maximum atomic E-state index is 13.9. The molecule has 3 rings (SSSR count). The molecule has 1 aliphatic heterocycles. The van der Waals surface area contributed by atoms with Crippen molar-refractivity contribution in [1.82, 2.24) is 0 Å². The molecule has 1 heterocycles. The molecule has 0 spiro atoms. The van der Waals surface area contributed by atoms with Gasteiger partial charge in [0.2, 0.25) is 0 Å². The zero-order valence-corrected chi connectivity index (χ0v) is 15.3. The van der Waals surface area contributed by atoms with Crippen molar-refractivity contribution < 1.29 is 18.4 Å². The molecule has 0 N–H and O–H groups in total. The van der Waals surface area contributed by atoms with Gasteiger partial charge in [-0.15, -0.1) is 0 Å². The van der Waals surface area contributed by atoms with Gasteiger partial charge in [-0.2, -0.15) is 0 Å². The Balaban J connectivity index is 1.84. The fourth-order valence-electron chi connectivity index (χ4n) is 2.38. The van der Waals surface area contributed by atoms with Gasteiger partial charge < -0.3 is 14.0 Å². The van der Waals surface area contributed by atoms with Gasteiger partial charge in [0, 0.05) is 21.1 Å². The van der Waals surface area contributed by atoms with Crippen LogP contribution in [0.2, 0.25) is 10.0 Å². The zero-order valence-electron chi connectivity index (χ0n) is 13.8. The second-order valence-electron chi connectivity index (χ2n) is 6.21.